The van der Waals surface area contributed by atoms with E-state index in [1.165, 1.54) is 43.5 Å². The van der Waals surface area contributed by atoms with E-state index in [2.05, 4.69) is 49.3 Å². The number of rotatable bonds is 3. The molecule has 1 heterocycles. The van der Waals surface area contributed by atoms with Crippen molar-refractivity contribution in [2.75, 3.05) is 27.2 Å². The Hall–Kier alpha value is -1.06. The van der Waals surface area contributed by atoms with Crippen LogP contribution in [0.15, 0.2) is 18.2 Å². The quantitative estimate of drug-likeness (QED) is 0.925. The highest BCUT2D eigenvalue weighted by molar-refractivity contribution is 5.40. The first kappa shape index (κ1) is 14.9. The van der Waals surface area contributed by atoms with E-state index >= 15 is 0 Å². The van der Waals surface area contributed by atoms with E-state index in [9.17, 15) is 0 Å². The third-order valence-corrected chi connectivity index (χ3v) is 5.27. The van der Waals surface area contributed by atoms with Gasteiger partial charge in [0.25, 0.3) is 0 Å². The first-order valence-electron chi connectivity index (χ1n) is 8.12. The second-order valence-corrected chi connectivity index (χ2v) is 7.32. The van der Waals surface area contributed by atoms with Gasteiger partial charge in [-0.15, -0.1) is 0 Å². The van der Waals surface area contributed by atoms with Gasteiger partial charge in [0.15, 0.2) is 0 Å². The van der Waals surface area contributed by atoms with E-state index < -0.39 is 0 Å². The second-order valence-electron chi connectivity index (χ2n) is 7.32. The molecule has 1 aliphatic heterocycles. The SMILES string of the molecule is CNC1c2cc(OC)ccc2CCC1N1CCC(C)(C)C1. The van der Waals surface area contributed by atoms with E-state index in [4.69, 9.17) is 4.74 Å². The van der Waals surface area contributed by atoms with Crippen molar-refractivity contribution in [3.63, 3.8) is 0 Å². The Morgan fingerprint density at radius 3 is 2.76 bits per heavy atom. The maximum absolute atomic E-state index is 5.43. The zero-order valence-electron chi connectivity index (χ0n) is 13.8. The summed E-state index contributed by atoms with van der Waals surface area (Å²) in [7, 11) is 3.84. The molecule has 21 heavy (non-hydrogen) atoms. The predicted molar refractivity (Wildman–Crippen MR) is 86.9 cm³/mol. The Balaban J connectivity index is 1.87. The van der Waals surface area contributed by atoms with Gasteiger partial charge >= 0.3 is 0 Å². The molecule has 1 aromatic rings. The highest BCUT2D eigenvalue weighted by atomic mass is 16.5. The van der Waals surface area contributed by atoms with Crippen LogP contribution in [-0.2, 0) is 6.42 Å². The van der Waals surface area contributed by atoms with E-state index in [0.717, 1.165) is 5.75 Å². The summed E-state index contributed by atoms with van der Waals surface area (Å²) in [5.74, 6) is 0.969. The van der Waals surface area contributed by atoms with Gasteiger partial charge < -0.3 is 10.1 Å². The summed E-state index contributed by atoms with van der Waals surface area (Å²) < 4.78 is 5.43. The van der Waals surface area contributed by atoms with E-state index in [0.29, 0.717) is 17.5 Å². The molecule has 0 aromatic heterocycles. The maximum atomic E-state index is 5.43. The minimum absolute atomic E-state index is 0.415. The number of benzene rings is 1. The lowest BCUT2D eigenvalue weighted by Gasteiger charge is -2.39. The molecule has 0 amide bonds. The highest BCUT2D eigenvalue weighted by Gasteiger charge is 2.38. The first-order valence-corrected chi connectivity index (χ1v) is 8.12. The van der Waals surface area contributed by atoms with Gasteiger partial charge in [0, 0.05) is 18.6 Å². The van der Waals surface area contributed by atoms with Crippen LogP contribution in [0.5, 0.6) is 5.75 Å². The van der Waals surface area contributed by atoms with Crippen molar-refractivity contribution >= 4 is 0 Å². The molecule has 1 saturated heterocycles. The largest absolute Gasteiger partial charge is 0.497 e. The fraction of sp³-hybridized carbons (Fsp3) is 0.667. The minimum atomic E-state index is 0.415. The molecule has 3 nitrogen and oxygen atoms in total. The lowest BCUT2D eigenvalue weighted by molar-refractivity contribution is 0.161. The fourth-order valence-corrected chi connectivity index (χ4v) is 4.07. The number of aryl methyl sites for hydroxylation is 1. The van der Waals surface area contributed by atoms with Crippen LogP contribution in [0.25, 0.3) is 0 Å². The van der Waals surface area contributed by atoms with Crippen LogP contribution in [0.2, 0.25) is 0 Å². The van der Waals surface area contributed by atoms with Crippen molar-refractivity contribution in [2.45, 2.75) is 45.2 Å². The van der Waals surface area contributed by atoms with E-state index in [1.54, 1.807) is 7.11 Å². The summed E-state index contributed by atoms with van der Waals surface area (Å²) >= 11 is 0. The molecule has 1 fully saturated rings. The van der Waals surface area contributed by atoms with E-state index in [-0.39, 0.29) is 0 Å². The van der Waals surface area contributed by atoms with Crippen LogP contribution in [0.3, 0.4) is 0 Å². The number of nitrogens with one attached hydrogen (secondary N) is 1. The number of likely N-dealkylation sites (N-methyl/N-ethyl adjacent to an activating group) is 1. The molecule has 2 atom stereocenters. The predicted octanol–water partition coefficient (Wildman–Crippen LogP) is 3.00. The summed E-state index contributed by atoms with van der Waals surface area (Å²) in [5, 5.41) is 3.57. The average molecular weight is 288 g/mol. The molecule has 0 spiro atoms. The number of hydrogen-bond donors (Lipinski definition) is 1. The second kappa shape index (κ2) is 5.62. The van der Waals surface area contributed by atoms with Crippen molar-refractivity contribution in [2.24, 2.45) is 5.41 Å². The normalized spacial score (nSPS) is 28.4. The molecule has 2 unspecified atom stereocenters. The monoisotopic (exact) mass is 288 g/mol. The Labute approximate surface area is 128 Å². The summed E-state index contributed by atoms with van der Waals surface area (Å²) in [6.45, 7) is 7.23. The molecule has 1 aromatic carbocycles. The van der Waals surface area contributed by atoms with Gasteiger partial charge in [0.1, 0.15) is 5.75 Å². The fourth-order valence-electron chi connectivity index (χ4n) is 4.07. The molecule has 0 radical (unpaired) electrons. The third kappa shape index (κ3) is 2.82. The maximum Gasteiger partial charge on any atom is 0.119 e. The molecular weight excluding hydrogens is 260 g/mol. The zero-order valence-corrected chi connectivity index (χ0v) is 13.8. The van der Waals surface area contributed by atoms with Crippen LogP contribution in [-0.4, -0.2) is 38.2 Å². The molecular formula is C18H28N2O. The molecule has 1 aliphatic carbocycles. The van der Waals surface area contributed by atoms with Crippen LogP contribution in [0, 0.1) is 5.41 Å². The van der Waals surface area contributed by atoms with Gasteiger partial charge in [-0.1, -0.05) is 19.9 Å². The van der Waals surface area contributed by atoms with Gasteiger partial charge in [0.05, 0.1) is 7.11 Å². The number of nitrogens with zero attached hydrogens (tertiary/aromatic N) is 1. The molecule has 0 saturated carbocycles. The van der Waals surface area contributed by atoms with Gasteiger partial charge in [-0.05, 0) is 61.5 Å². The summed E-state index contributed by atoms with van der Waals surface area (Å²) in [5.41, 5.74) is 3.37. The van der Waals surface area contributed by atoms with Crippen LogP contribution < -0.4 is 10.1 Å². The summed E-state index contributed by atoms with van der Waals surface area (Å²) in [4.78, 5) is 2.70. The lowest BCUT2D eigenvalue weighted by atomic mass is 9.83. The van der Waals surface area contributed by atoms with Gasteiger partial charge in [-0.2, -0.15) is 0 Å². The highest BCUT2D eigenvalue weighted by Crippen LogP contribution is 2.39. The summed E-state index contributed by atoms with van der Waals surface area (Å²) in [6, 6.07) is 7.58. The smallest absolute Gasteiger partial charge is 0.119 e. The minimum Gasteiger partial charge on any atom is -0.497 e. The molecule has 3 heteroatoms. The zero-order chi connectivity index (χ0) is 15.0. The van der Waals surface area contributed by atoms with Gasteiger partial charge in [-0.25, -0.2) is 0 Å². The third-order valence-electron chi connectivity index (χ3n) is 5.27. The molecule has 2 aliphatic rings. The standard InChI is InChI=1S/C18H28N2O/c1-18(2)9-10-20(12-18)16-8-6-13-5-7-14(21-4)11-15(13)17(16)19-3/h5,7,11,16-17,19H,6,8-10,12H2,1-4H3. The Bertz CT molecular complexity index is 512. The van der Waals surface area contributed by atoms with Crippen molar-refractivity contribution in [1.82, 2.24) is 10.2 Å². The Kier molecular flexibility index (Phi) is 3.98. The van der Waals surface area contributed by atoms with Crippen molar-refractivity contribution in [3.05, 3.63) is 29.3 Å². The molecule has 116 valence electrons. The molecule has 1 N–H and O–H groups in total. The van der Waals surface area contributed by atoms with Crippen molar-refractivity contribution in [3.8, 4) is 5.75 Å². The summed E-state index contributed by atoms with van der Waals surface area (Å²) in [6.07, 6.45) is 3.74. The van der Waals surface area contributed by atoms with Gasteiger partial charge in [0.2, 0.25) is 0 Å². The molecule has 3 rings (SSSR count). The van der Waals surface area contributed by atoms with Crippen LogP contribution >= 0.6 is 0 Å². The topological polar surface area (TPSA) is 24.5 Å². The Morgan fingerprint density at radius 1 is 1.33 bits per heavy atom. The number of ether oxygens (including phenoxy) is 1. The number of hydrogen-bond acceptors (Lipinski definition) is 3. The van der Waals surface area contributed by atoms with Crippen molar-refractivity contribution < 1.29 is 4.74 Å². The molecule has 0 bridgehead atoms. The van der Waals surface area contributed by atoms with Crippen molar-refractivity contribution in [1.29, 1.82) is 0 Å². The Morgan fingerprint density at radius 2 is 2.14 bits per heavy atom. The van der Waals surface area contributed by atoms with Crippen LogP contribution in [0.4, 0.5) is 0 Å². The average Bonchev–Trinajstić information content (AvgIpc) is 2.85. The van der Waals surface area contributed by atoms with Crippen LogP contribution in [0.1, 0.15) is 43.9 Å². The number of methoxy groups -OCH3 is 1. The first-order chi connectivity index (χ1) is 10.0. The number of likely N-dealkylation sites (tertiary alicyclic amines) is 1. The lowest BCUT2D eigenvalue weighted by Crippen LogP contribution is -2.45. The van der Waals surface area contributed by atoms with E-state index in [1.807, 2.05) is 0 Å². The van der Waals surface area contributed by atoms with Gasteiger partial charge in [-0.3, -0.25) is 4.90 Å². The number of fused-ring (bicyclic) bond motifs is 1.